The predicted octanol–water partition coefficient (Wildman–Crippen LogP) is 22.4. The normalized spacial score (nSPS) is 13.4. The second-order valence-corrected chi connectivity index (χ2v) is 20.5. The number of hydrogen-bond donors (Lipinski definition) is 0. The van der Waals surface area contributed by atoms with Crippen molar-refractivity contribution in [1.82, 2.24) is 0 Å². The van der Waals surface area contributed by atoms with Crippen molar-refractivity contribution in [2.24, 2.45) is 0 Å². The van der Waals surface area contributed by atoms with Gasteiger partial charge >= 0.3 is 17.9 Å². The van der Waals surface area contributed by atoms with Crippen LogP contribution in [0.25, 0.3) is 0 Å². The van der Waals surface area contributed by atoms with Gasteiger partial charge < -0.3 is 14.2 Å². The monoisotopic (exact) mass is 1110 g/mol. The van der Waals surface area contributed by atoms with Crippen LogP contribution in [0.1, 0.15) is 252 Å². The highest BCUT2D eigenvalue weighted by molar-refractivity contribution is 5.71. The van der Waals surface area contributed by atoms with Crippen molar-refractivity contribution in [3.05, 3.63) is 182 Å². The third-order valence-electron chi connectivity index (χ3n) is 12.9. The Hall–Kier alpha value is -5.49. The summed E-state index contributed by atoms with van der Waals surface area (Å²) in [4.78, 5) is 38.3. The molecule has 0 saturated carbocycles. The fourth-order valence-electron chi connectivity index (χ4n) is 8.17. The van der Waals surface area contributed by atoms with E-state index in [1.54, 1.807) is 0 Å². The summed E-state index contributed by atoms with van der Waals surface area (Å²) in [6.45, 7) is 6.24. The second kappa shape index (κ2) is 67.0. The maximum atomic E-state index is 12.9. The van der Waals surface area contributed by atoms with Gasteiger partial charge in [-0.05, 0) is 154 Å². The summed E-state index contributed by atoms with van der Waals surface area (Å²) in [7, 11) is 0. The second-order valence-electron chi connectivity index (χ2n) is 20.5. The SMILES string of the molecule is CC/C=C\C/C=C\C/C=C\C/C=C\C/C=C\C/C=C\C/C=C\C/C=C\C/C=C\CCCCCCCC(=O)OCC(COC(=O)CCCCCCC/C=C\C/C=C\C/C=C\CC)OC(=O)CCCCCCC/C=C\C/C=C\C/C=C\CC. The quantitative estimate of drug-likeness (QED) is 0.0261. The molecule has 0 saturated heterocycles. The Bertz CT molecular complexity index is 1900. The molecule has 0 aliphatic carbocycles. The topological polar surface area (TPSA) is 78.9 Å². The van der Waals surface area contributed by atoms with Gasteiger partial charge in [-0.25, -0.2) is 0 Å². The van der Waals surface area contributed by atoms with Crippen LogP contribution in [0.3, 0.4) is 0 Å². The fourth-order valence-corrected chi connectivity index (χ4v) is 8.17. The molecule has 6 nitrogen and oxygen atoms in total. The molecular weight excluding hydrogens is 997 g/mol. The molecule has 81 heavy (non-hydrogen) atoms. The molecule has 6 heteroatoms. The van der Waals surface area contributed by atoms with E-state index >= 15 is 0 Å². The number of ether oxygens (including phenoxy) is 3. The molecule has 0 aromatic carbocycles. The molecule has 1 atom stereocenters. The summed E-state index contributed by atoms with van der Waals surface area (Å²) in [6.07, 6.45) is 100. The smallest absolute Gasteiger partial charge is 0.306 e. The molecule has 0 spiro atoms. The van der Waals surface area contributed by atoms with Crippen LogP contribution in [0.15, 0.2) is 182 Å². The third-order valence-corrected chi connectivity index (χ3v) is 12.9. The van der Waals surface area contributed by atoms with Crippen molar-refractivity contribution in [2.45, 2.75) is 258 Å². The van der Waals surface area contributed by atoms with Crippen molar-refractivity contribution in [1.29, 1.82) is 0 Å². The molecule has 0 heterocycles. The molecule has 0 fully saturated rings. The van der Waals surface area contributed by atoms with E-state index in [-0.39, 0.29) is 31.1 Å². The van der Waals surface area contributed by atoms with Crippen LogP contribution in [0, 0.1) is 0 Å². The van der Waals surface area contributed by atoms with Gasteiger partial charge in [0.25, 0.3) is 0 Å². The summed E-state index contributed by atoms with van der Waals surface area (Å²) in [6, 6.07) is 0. The summed E-state index contributed by atoms with van der Waals surface area (Å²) in [5.41, 5.74) is 0. The lowest BCUT2D eigenvalue weighted by Crippen LogP contribution is -2.30. The van der Waals surface area contributed by atoms with Gasteiger partial charge in [-0.1, -0.05) is 261 Å². The Morgan fingerprint density at radius 3 is 0.691 bits per heavy atom. The minimum absolute atomic E-state index is 0.109. The van der Waals surface area contributed by atoms with Gasteiger partial charge in [0.2, 0.25) is 0 Å². The molecule has 0 aromatic heterocycles. The number of unbranched alkanes of at least 4 members (excludes halogenated alkanes) is 15. The average Bonchev–Trinajstić information content (AvgIpc) is 3.47. The van der Waals surface area contributed by atoms with E-state index in [9.17, 15) is 14.4 Å². The zero-order chi connectivity index (χ0) is 58.5. The number of esters is 3. The van der Waals surface area contributed by atoms with Crippen LogP contribution < -0.4 is 0 Å². The lowest BCUT2D eigenvalue weighted by Gasteiger charge is -2.18. The standard InChI is InChI=1S/C75H116O6/c1-4-7-10-13-16-19-22-25-28-29-30-31-32-33-34-35-36-37-38-39-40-41-42-43-44-45-48-50-53-56-59-62-65-68-74(77)80-71-72(81-75(78)69-66-63-60-57-54-51-47-27-24-21-18-15-12-9-6-3)70-79-73(76)67-64-61-58-55-52-49-46-26-23-20-17-14-11-8-5-2/h7-12,16-21,25-28,30-31,33-34,36-37,39-40,42-43,45-48,72H,4-6,13-15,22-24,29,32,35,38,41,44,49-71H2,1-3H3/b10-7-,11-8-,12-9-,19-16-,20-17-,21-18-,28-25-,31-30-,34-33-,37-36-,40-39-,43-42-,46-26-,47-27-,48-45-. The Balaban J connectivity index is 4.39. The molecule has 0 rings (SSSR count). The summed E-state index contributed by atoms with van der Waals surface area (Å²) in [5.74, 6) is -0.968. The molecule has 0 radical (unpaired) electrons. The Kier molecular flexibility index (Phi) is 62.5. The van der Waals surface area contributed by atoms with Crippen LogP contribution in [-0.2, 0) is 28.6 Å². The Morgan fingerprint density at radius 1 is 0.247 bits per heavy atom. The van der Waals surface area contributed by atoms with Crippen molar-refractivity contribution in [2.75, 3.05) is 13.2 Å². The number of rotatable bonds is 56. The molecule has 452 valence electrons. The van der Waals surface area contributed by atoms with Crippen LogP contribution in [-0.4, -0.2) is 37.2 Å². The van der Waals surface area contributed by atoms with Crippen LogP contribution in [0.4, 0.5) is 0 Å². The maximum absolute atomic E-state index is 12.9. The first-order valence-electron chi connectivity index (χ1n) is 32.3. The molecular formula is C75H116O6. The minimum Gasteiger partial charge on any atom is -0.462 e. The number of carbonyl (C=O) groups excluding carboxylic acids is 3. The minimum atomic E-state index is -0.814. The molecule has 1 unspecified atom stereocenters. The molecule has 0 bridgehead atoms. The first-order chi connectivity index (χ1) is 40.0. The van der Waals surface area contributed by atoms with Gasteiger partial charge in [0, 0.05) is 19.3 Å². The first-order valence-corrected chi connectivity index (χ1v) is 32.3. The molecule has 0 amide bonds. The van der Waals surface area contributed by atoms with E-state index in [2.05, 4.69) is 203 Å². The largest absolute Gasteiger partial charge is 0.462 e. The lowest BCUT2D eigenvalue weighted by molar-refractivity contribution is -0.167. The lowest BCUT2D eigenvalue weighted by atomic mass is 10.1. The first kappa shape index (κ1) is 75.5. The van der Waals surface area contributed by atoms with Gasteiger partial charge in [-0.15, -0.1) is 0 Å². The van der Waals surface area contributed by atoms with Crippen LogP contribution in [0.2, 0.25) is 0 Å². The van der Waals surface area contributed by atoms with E-state index in [1.165, 1.54) is 0 Å². The van der Waals surface area contributed by atoms with Crippen LogP contribution in [0.5, 0.6) is 0 Å². The third kappa shape index (κ3) is 65.2. The van der Waals surface area contributed by atoms with E-state index in [0.29, 0.717) is 19.3 Å². The molecule has 0 aromatic rings. The van der Waals surface area contributed by atoms with E-state index in [1.807, 2.05) is 0 Å². The van der Waals surface area contributed by atoms with Crippen molar-refractivity contribution >= 4 is 17.9 Å². The Morgan fingerprint density at radius 2 is 0.444 bits per heavy atom. The van der Waals surface area contributed by atoms with Gasteiger partial charge in [0.1, 0.15) is 13.2 Å². The Labute approximate surface area is 497 Å². The predicted molar refractivity (Wildman–Crippen MR) is 352 cm³/mol. The van der Waals surface area contributed by atoms with Gasteiger partial charge in [-0.3, -0.25) is 14.4 Å². The number of carbonyl (C=O) groups is 3. The van der Waals surface area contributed by atoms with Gasteiger partial charge in [0.15, 0.2) is 6.10 Å². The van der Waals surface area contributed by atoms with Crippen molar-refractivity contribution in [3.63, 3.8) is 0 Å². The van der Waals surface area contributed by atoms with Crippen LogP contribution >= 0.6 is 0 Å². The molecule has 0 aliphatic rings. The van der Waals surface area contributed by atoms with E-state index in [0.717, 1.165) is 212 Å². The molecule has 0 N–H and O–H groups in total. The summed E-state index contributed by atoms with van der Waals surface area (Å²) < 4.78 is 16.9. The fraction of sp³-hybridized carbons (Fsp3) is 0.560. The molecule has 0 aliphatic heterocycles. The van der Waals surface area contributed by atoms with E-state index < -0.39 is 6.10 Å². The number of allylic oxidation sites excluding steroid dienone is 30. The zero-order valence-corrected chi connectivity index (χ0v) is 51.7. The maximum Gasteiger partial charge on any atom is 0.306 e. The zero-order valence-electron chi connectivity index (χ0n) is 51.7. The highest BCUT2D eigenvalue weighted by atomic mass is 16.6. The van der Waals surface area contributed by atoms with Crippen molar-refractivity contribution in [3.8, 4) is 0 Å². The highest BCUT2D eigenvalue weighted by Crippen LogP contribution is 2.13. The number of hydrogen-bond acceptors (Lipinski definition) is 6. The van der Waals surface area contributed by atoms with Gasteiger partial charge in [0.05, 0.1) is 0 Å². The summed E-state index contributed by atoms with van der Waals surface area (Å²) in [5, 5.41) is 0. The van der Waals surface area contributed by atoms with Crippen molar-refractivity contribution < 1.29 is 28.6 Å². The van der Waals surface area contributed by atoms with E-state index in [4.69, 9.17) is 14.2 Å². The summed E-state index contributed by atoms with van der Waals surface area (Å²) >= 11 is 0. The average molecular weight is 1110 g/mol. The highest BCUT2D eigenvalue weighted by Gasteiger charge is 2.19. The van der Waals surface area contributed by atoms with Gasteiger partial charge in [-0.2, -0.15) is 0 Å².